The van der Waals surface area contributed by atoms with Crippen LogP contribution in [0.3, 0.4) is 0 Å². The van der Waals surface area contributed by atoms with Crippen molar-refractivity contribution in [2.75, 3.05) is 0 Å². The maximum atomic E-state index is 12.5. The molecule has 5 aromatic carbocycles. The first-order valence-corrected chi connectivity index (χ1v) is 9.31. The minimum Gasteiger partial charge on any atom is -0.294 e. The van der Waals surface area contributed by atoms with Gasteiger partial charge in [-0.2, -0.15) is 0 Å². The second-order valence-corrected chi connectivity index (χ2v) is 7.23. The van der Waals surface area contributed by atoms with Gasteiger partial charge in [-0.1, -0.05) is 84.9 Å². The highest BCUT2D eigenvalue weighted by atomic mass is 16.1. The quantitative estimate of drug-likeness (QED) is 0.279. The van der Waals surface area contributed by atoms with Gasteiger partial charge < -0.3 is 0 Å². The average Bonchev–Trinajstić information content (AvgIpc) is 2.73. The third kappa shape index (κ3) is 1.91. The molecule has 0 aliphatic heterocycles. The van der Waals surface area contributed by atoms with Gasteiger partial charge in [-0.05, 0) is 48.7 Å². The van der Waals surface area contributed by atoms with Crippen molar-refractivity contribution in [1.29, 1.82) is 0 Å². The molecule has 0 bridgehead atoms. The van der Waals surface area contributed by atoms with Crippen LogP contribution in [0, 0.1) is 0 Å². The van der Waals surface area contributed by atoms with Crippen LogP contribution in [-0.4, -0.2) is 5.78 Å². The first-order chi connectivity index (χ1) is 13.3. The van der Waals surface area contributed by atoms with Gasteiger partial charge in [0.05, 0.1) is 0 Å². The fraction of sp³-hybridized carbons (Fsp3) is 0.0385. The Bertz CT molecular complexity index is 1450. The van der Waals surface area contributed by atoms with Crippen molar-refractivity contribution in [2.24, 2.45) is 0 Å². The zero-order valence-corrected chi connectivity index (χ0v) is 14.7. The predicted octanol–water partition coefficient (Wildman–Crippen LogP) is 6.90. The van der Waals surface area contributed by atoms with Gasteiger partial charge >= 0.3 is 0 Å². The molecule has 0 atom stereocenters. The summed E-state index contributed by atoms with van der Waals surface area (Å²) in [5.74, 6) is 0.205. The van der Waals surface area contributed by atoms with Crippen molar-refractivity contribution in [3.63, 3.8) is 0 Å². The van der Waals surface area contributed by atoms with Gasteiger partial charge in [0.2, 0.25) is 0 Å². The molecule has 0 spiro atoms. The summed E-state index contributed by atoms with van der Waals surface area (Å²) in [6.07, 6.45) is 4.61. The zero-order chi connectivity index (χ0) is 18.0. The second kappa shape index (κ2) is 5.28. The van der Waals surface area contributed by atoms with Crippen LogP contribution in [0.25, 0.3) is 49.2 Å². The molecule has 0 aromatic heterocycles. The minimum atomic E-state index is 0.205. The SMILES string of the molecule is O=C1CC=Cc2c1ccc1c2c2ccccc2c2ccc3ccccc3c21. The van der Waals surface area contributed by atoms with Gasteiger partial charge in [0.1, 0.15) is 0 Å². The fourth-order valence-electron chi connectivity index (χ4n) is 4.65. The Labute approximate surface area is 156 Å². The third-order valence-corrected chi connectivity index (χ3v) is 5.82. The lowest BCUT2D eigenvalue weighted by Gasteiger charge is -2.18. The minimum absolute atomic E-state index is 0.205. The first kappa shape index (κ1) is 14.7. The molecule has 0 unspecified atom stereocenters. The summed E-state index contributed by atoms with van der Waals surface area (Å²) in [5.41, 5.74) is 1.91. The summed E-state index contributed by atoms with van der Waals surface area (Å²) in [6, 6.07) is 25.7. The van der Waals surface area contributed by atoms with Crippen LogP contribution < -0.4 is 0 Å². The summed E-state index contributed by atoms with van der Waals surface area (Å²) in [7, 11) is 0. The Morgan fingerprint density at radius 2 is 1.30 bits per heavy atom. The Morgan fingerprint density at radius 3 is 2.19 bits per heavy atom. The molecular weight excluding hydrogens is 328 g/mol. The van der Waals surface area contributed by atoms with Crippen LogP contribution in [0.4, 0.5) is 0 Å². The predicted molar refractivity (Wildman–Crippen MR) is 114 cm³/mol. The zero-order valence-electron chi connectivity index (χ0n) is 14.7. The normalized spacial score (nSPS) is 13.7. The number of carbonyl (C=O) groups excluding carboxylic acids is 1. The van der Waals surface area contributed by atoms with E-state index < -0.39 is 0 Å². The van der Waals surface area contributed by atoms with E-state index in [2.05, 4.69) is 72.8 Å². The Morgan fingerprint density at radius 1 is 0.593 bits per heavy atom. The van der Waals surface area contributed by atoms with Crippen molar-refractivity contribution in [3.05, 3.63) is 90.0 Å². The lowest BCUT2D eigenvalue weighted by molar-refractivity contribution is 0.0994. The lowest BCUT2D eigenvalue weighted by atomic mass is 9.85. The molecule has 0 amide bonds. The van der Waals surface area contributed by atoms with Gasteiger partial charge in [0.15, 0.2) is 5.78 Å². The van der Waals surface area contributed by atoms with Crippen LogP contribution in [0.15, 0.2) is 78.9 Å². The Hall–Kier alpha value is -3.45. The van der Waals surface area contributed by atoms with Crippen molar-refractivity contribution in [2.45, 2.75) is 6.42 Å². The van der Waals surface area contributed by atoms with Gasteiger partial charge in [-0.15, -0.1) is 0 Å². The van der Waals surface area contributed by atoms with E-state index in [9.17, 15) is 4.79 Å². The van der Waals surface area contributed by atoms with E-state index in [0.29, 0.717) is 6.42 Å². The highest BCUT2D eigenvalue weighted by molar-refractivity contribution is 6.33. The van der Waals surface area contributed by atoms with Gasteiger partial charge in [-0.3, -0.25) is 4.79 Å². The molecule has 1 heteroatoms. The van der Waals surface area contributed by atoms with Gasteiger partial charge in [0.25, 0.3) is 0 Å². The lowest BCUT2D eigenvalue weighted by Crippen LogP contribution is -2.05. The molecule has 1 aliphatic rings. The number of Topliss-reactive ketones (excluding diaryl/α,β-unsaturated/α-hetero) is 1. The van der Waals surface area contributed by atoms with Crippen molar-refractivity contribution < 1.29 is 4.79 Å². The van der Waals surface area contributed by atoms with E-state index in [0.717, 1.165) is 11.1 Å². The highest BCUT2D eigenvalue weighted by Gasteiger charge is 2.19. The topological polar surface area (TPSA) is 17.1 Å². The Balaban J connectivity index is 2.00. The molecule has 0 radical (unpaired) electrons. The number of allylic oxidation sites excluding steroid dienone is 1. The Kier molecular flexibility index (Phi) is 2.87. The summed E-state index contributed by atoms with van der Waals surface area (Å²) in [5, 5.41) is 9.91. The maximum absolute atomic E-state index is 12.5. The number of hydrogen-bond donors (Lipinski definition) is 0. The molecule has 0 heterocycles. The number of ketones is 1. The number of fused-ring (bicyclic) bond motifs is 10. The monoisotopic (exact) mass is 344 g/mol. The van der Waals surface area contributed by atoms with Crippen molar-refractivity contribution in [3.8, 4) is 0 Å². The summed E-state index contributed by atoms with van der Waals surface area (Å²) < 4.78 is 0. The molecule has 6 rings (SSSR count). The van der Waals surface area contributed by atoms with E-state index in [1.54, 1.807) is 0 Å². The largest absolute Gasteiger partial charge is 0.294 e. The van der Waals surface area contributed by atoms with E-state index in [1.165, 1.54) is 43.1 Å². The second-order valence-electron chi connectivity index (χ2n) is 7.23. The van der Waals surface area contributed by atoms with Crippen LogP contribution in [0.2, 0.25) is 0 Å². The van der Waals surface area contributed by atoms with Crippen LogP contribution in [0.1, 0.15) is 22.3 Å². The van der Waals surface area contributed by atoms with Gasteiger partial charge in [0, 0.05) is 12.0 Å². The maximum Gasteiger partial charge on any atom is 0.167 e. The van der Waals surface area contributed by atoms with Crippen LogP contribution >= 0.6 is 0 Å². The highest BCUT2D eigenvalue weighted by Crippen LogP contribution is 2.41. The van der Waals surface area contributed by atoms with E-state index in [1.807, 2.05) is 12.1 Å². The number of rotatable bonds is 0. The molecule has 1 aliphatic carbocycles. The van der Waals surface area contributed by atoms with Gasteiger partial charge in [-0.25, -0.2) is 0 Å². The molecule has 0 fully saturated rings. The number of benzene rings is 5. The molecule has 1 nitrogen and oxygen atoms in total. The number of carbonyl (C=O) groups is 1. The fourth-order valence-corrected chi connectivity index (χ4v) is 4.65. The molecular formula is C26H16O. The summed E-state index contributed by atoms with van der Waals surface area (Å²) in [6.45, 7) is 0. The summed E-state index contributed by atoms with van der Waals surface area (Å²) >= 11 is 0. The van der Waals surface area contributed by atoms with Crippen LogP contribution in [0.5, 0.6) is 0 Å². The van der Waals surface area contributed by atoms with Crippen LogP contribution in [-0.2, 0) is 0 Å². The van der Waals surface area contributed by atoms with Crippen molar-refractivity contribution >= 4 is 54.9 Å². The molecule has 27 heavy (non-hydrogen) atoms. The molecule has 0 N–H and O–H groups in total. The number of hydrogen-bond acceptors (Lipinski definition) is 1. The summed E-state index contributed by atoms with van der Waals surface area (Å²) in [4.78, 5) is 12.5. The first-order valence-electron chi connectivity index (χ1n) is 9.31. The molecule has 0 saturated carbocycles. The molecule has 126 valence electrons. The average molecular weight is 344 g/mol. The smallest absolute Gasteiger partial charge is 0.167 e. The van der Waals surface area contributed by atoms with E-state index in [4.69, 9.17) is 0 Å². The molecule has 0 saturated heterocycles. The van der Waals surface area contributed by atoms with Crippen molar-refractivity contribution in [1.82, 2.24) is 0 Å². The van der Waals surface area contributed by atoms with E-state index >= 15 is 0 Å². The molecule has 5 aromatic rings. The third-order valence-electron chi connectivity index (χ3n) is 5.82. The van der Waals surface area contributed by atoms with E-state index in [-0.39, 0.29) is 5.78 Å². The standard InChI is InChI=1S/C26H16O/c27-24-11-5-10-21-19(24)14-15-23-25-17-7-2-1-6-16(17)12-13-22(25)18-8-3-4-9-20(18)26(21)23/h1-10,12-15H,11H2.